The molecule has 88 valence electrons. The molecule has 4 nitrogen and oxygen atoms in total. The van der Waals surface area contributed by atoms with E-state index in [-0.39, 0.29) is 6.61 Å². The minimum atomic E-state index is -0.0264. The quantitative estimate of drug-likeness (QED) is 0.854. The van der Waals surface area contributed by atoms with Crippen LogP contribution in [0, 0.1) is 0 Å². The van der Waals surface area contributed by atoms with Gasteiger partial charge in [0.1, 0.15) is 0 Å². The number of pyridine rings is 1. The Hall–Kier alpha value is -1.68. The van der Waals surface area contributed by atoms with Gasteiger partial charge in [-0.1, -0.05) is 0 Å². The van der Waals surface area contributed by atoms with Crippen molar-refractivity contribution in [1.82, 2.24) is 14.8 Å². The lowest BCUT2D eigenvalue weighted by atomic mass is 10.1. The summed E-state index contributed by atoms with van der Waals surface area (Å²) in [6.45, 7) is 0.995. The fourth-order valence-electron chi connectivity index (χ4n) is 2.28. The van der Waals surface area contributed by atoms with Gasteiger partial charge in [-0.05, 0) is 37.5 Å². The Balaban J connectivity index is 2.00. The number of hydrogen-bond donors (Lipinski definition) is 1. The van der Waals surface area contributed by atoms with E-state index in [1.54, 1.807) is 6.20 Å². The Kier molecular flexibility index (Phi) is 2.65. The predicted molar refractivity (Wildman–Crippen MR) is 64.3 cm³/mol. The third-order valence-corrected chi connectivity index (χ3v) is 3.19. The number of hydrogen-bond acceptors (Lipinski definition) is 3. The van der Waals surface area contributed by atoms with Crippen molar-refractivity contribution in [1.29, 1.82) is 0 Å². The normalized spacial score (nSPS) is 14.6. The van der Waals surface area contributed by atoms with Crippen molar-refractivity contribution < 1.29 is 5.11 Å². The molecule has 0 amide bonds. The molecule has 2 aromatic rings. The number of fused-ring (bicyclic) bond motifs is 1. The number of rotatable bonds is 2. The van der Waals surface area contributed by atoms with Crippen LogP contribution in [0.2, 0.25) is 0 Å². The highest BCUT2D eigenvalue weighted by atomic mass is 16.3. The van der Waals surface area contributed by atoms with Crippen LogP contribution < -0.4 is 0 Å². The zero-order valence-corrected chi connectivity index (χ0v) is 9.63. The summed E-state index contributed by atoms with van der Waals surface area (Å²) in [5, 5.41) is 13.7. The van der Waals surface area contributed by atoms with Crippen molar-refractivity contribution in [2.45, 2.75) is 32.4 Å². The molecule has 0 saturated carbocycles. The highest BCUT2D eigenvalue weighted by Gasteiger charge is 2.13. The molecule has 2 aromatic heterocycles. The molecule has 1 aliphatic rings. The first kappa shape index (κ1) is 10.5. The first-order valence-electron chi connectivity index (χ1n) is 6.00. The molecule has 4 heteroatoms. The van der Waals surface area contributed by atoms with Crippen molar-refractivity contribution in [2.75, 3.05) is 0 Å². The average Bonchev–Trinajstić information content (AvgIpc) is 2.82. The number of aromatic nitrogens is 3. The fourth-order valence-corrected chi connectivity index (χ4v) is 2.28. The number of aliphatic hydroxyl groups is 1. The van der Waals surface area contributed by atoms with Gasteiger partial charge in [-0.2, -0.15) is 5.10 Å². The molecule has 0 atom stereocenters. The maximum atomic E-state index is 9.08. The highest BCUT2D eigenvalue weighted by Crippen LogP contribution is 2.23. The van der Waals surface area contributed by atoms with Gasteiger partial charge in [0.25, 0.3) is 0 Å². The maximum Gasteiger partial charge on any atom is 0.0927 e. The van der Waals surface area contributed by atoms with Gasteiger partial charge in [0, 0.05) is 24.0 Å². The zero-order chi connectivity index (χ0) is 11.7. The topological polar surface area (TPSA) is 50.9 Å². The Morgan fingerprint density at radius 3 is 3.06 bits per heavy atom. The Labute approximate surface area is 99.9 Å². The second-order valence-electron chi connectivity index (χ2n) is 4.40. The van der Waals surface area contributed by atoms with E-state index in [0.717, 1.165) is 24.2 Å². The molecule has 1 N–H and O–H groups in total. The van der Waals surface area contributed by atoms with E-state index in [0.29, 0.717) is 5.69 Å². The van der Waals surface area contributed by atoms with Crippen molar-refractivity contribution in [3.63, 3.8) is 0 Å². The third kappa shape index (κ3) is 1.96. The smallest absolute Gasteiger partial charge is 0.0927 e. The Bertz CT molecular complexity index is 510. The molecule has 0 saturated heterocycles. The first-order valence-corrected chi connectivity index (χ1v) is 6.00. The van der Waals surface area contributed by atoms with Crippen molar-refractivity contribution in [3.05, 3.63) is 35.8 Å². The van der Waals surface area contributed by atoms with Gasteiger partial charge >= 0.3 is 0 Å². The fraction of sp³-hybridized carbons (Fsp3) is 0.385. The average molecular weight is 229 g/mol. The van der Waals surface area contributed by atoms with Gasteiger partial charge in [-0.3, -0.25) is 9.67 Å². The first-order chi connectivity index (χ1) is 8.36. The number of nitrogens with zero attached hydrogens (tertiary/aromatic N) is 3. The van der Waals surface area contributed by atoms with Crippen LogP contribution in [0.25, 0.3) is 11.3 Å². The zero-order valence-electron chi connectivity index (χ0n) is 9.63. The maximum absolute atomic E-state index is 9.08. The van der Waals surface area contributed by atoms with E-state index in [1.807, 2.05) is 12.1 Å². The predicted octanol–water partition coefficient (Wildman–Crippen LogP) is 1.77. The van der Waals surface area contributed by atoms with Gasteiger partial charge in [0.05, 0.1) is 18.0 Å². The molecule has 0 fully saturated rings. The summed E-state index contributed by atoms with van der Waals surface area (Å²) in [5.41, 5.74) is 4.02. The van der Waals surface area contributed by atoms with E-state index in [1.165, 1.54) is 18.5 Å². The minimum absolute atomic E-state index is 0.0264. The van der Waals surface area contributed by atoms with Gasteiger partial charge in [-0.25, -0.2) is 0 Å². The van der Waals surface area contributed by atoms with Crippen LogP contribution >= 0.6 is 0 Å². The van der Waals surface area contributed by atoms with Gasteiger partial charge in [0.15, 0.2) is 0 Å². The molecule has 0 spiro atoms. The monoisotopic (exact) mass is 229 g/mol. The van der Waals surface area contributed by atoms with Crippen LogP contribution in [0.15, 0.2) is 24.4 Å². The molecule has 3 heterocycles. The van der Waals surface area contributed by atoms with E-state index < -0.39 is 0 Å². The molecule has 3 rings (SSSR count). The van der Waals surface area contributed by atoms with Crippen LogP contribution in [0.1, 0.15) is 24.2 Å². The molecule has 0 radical (unpaired) electrons. The molecule has 0 aliphatic carbocycles. The van der Waals surface area contributed by atoms with Crippen LogP contribution in [-0.2, 0) is 19.6 Å². The van der Waals surface area contributed by atoms with Crippen LogP contribution in [-0.4, -0.2) is 19.9 Å². The second-order valence-corrected chi connectivity index (χ2v) is 4.40. The summed E-state index contributed by atoms with van der Waals surface area (Å²) in [6.07, 6.45) is 5.31. The lowest BCUT2D eigenvalue weighted by molar-refractivity contribution is 0.277. The van der Waals surface area contributed by atoms with Gasteiger partial charge in [0.2, 0.25) is 0 Å². The van der Waals surface area contributed by atoms with Gasteiger partial charge in [-0.15, -0.1) is 0 Å². The molecule has 0 aromatic carbocycles. The summed E-state index contributed by atoms with van der Waals surface area (Å²) < 4.78 is 2.10. The van der Waals surface area contributed by atoms with Crippen LogP contribution in [0.4, 0.5) is 0 Å². The summed E-state index contributed by atoms with van der Waals surface area (Å²) in [5.74, 6) is 0. The highest BCUT2D eigenvalue weighted by molar-refractivity contribution is 5.59. The molecule has 1 aliphatic heterocycles. The molecular weight excluding hydrogens is 214 g/mol. The van der Waals surface area contributed by atoms with E-state index >= 15 is 0 Å². The molecule has 17 heavy (non-hydrogen) atoms. The Morgan fingerprint density at radius 2 is 2.24 bits per heavy atom. The van der Waals surface area contributed by atoms with Crippen molar-refractivity contribution in [3.8, 4) is 11.3 Å². The summed E-state index contributed by atoms with van der Waals surface area (Å²) in [7, 11) is 0. The van der Waals surface area contributed by atoms with Crippen LogP contribution in [0.3, 0.4) is 0 Å². The molecular formula is C13H15N3O. The summed E-state index contributed by atoms with van der Waals surface area (Å²) >= 11 is 0. The number of aliphatic hydroxyl groups excluding tert-OH is 1. The largest absolute Gasteiger partial charge is 0.390 e. The van der Waals surface area contributed by atoms with E-state index in [4.69, 9.17) is 5.11 Å². The minimum Gasteiger partial charge on any atom is -0.390 e. The second kappa shape index (κ2) is 4.30. The van der Waals surface area contributed by atoms with Gasteiger partial charge < -0.3 is 5.11 Å². The molecule has 0 bridgehead atoms. The van der Waals surface area contributed by atoms with E-state index in [2.05, 4.69) is 20.8 Å². The Morgan fingerprint density at radius 1 is 1.29 bits per heavy atom. The van der Waals surface area contributed by atoms with E-state index in [9.17, 15) is 0 Å². The van der Waals surface area contributed by atoms with Crippen molar-refractivity contribution >= 4 is 0 Å². The van der Waals surface area contributed by atoms with Crippen molar-refractivity contribution in [2.24, 2.45) is 0 Å². The van der Waals surface area contributed by atoms with Crippen LogP contribution in [0.5, 0.6) is 0 Å². The third-order valence-electron chi connectivity index (χ3n) is 3.19. The SMILES string of the molecule is OCc1cc(-c2cc3n(n2)CCCC3)ccn1. The summed E-state index contributed by atoms with van der Waals surface area (Å²) in [4.78, 5) is 4.08. The standard InChI is InChI=1S/C13H15N3O/c17-9-11-7-10(4-5-14-11)13-8-12-3-1-2-6-16(12)15-13/h4-5,7-8,17H,1-3,6,9H2. The molecule has 0 unspecified atom stereocenters. The lowest BCUT2D eigenvalue weighted by Gasteiger charge is -2.11. The number of aryl methyl sites for hydroxylation is 2. The summed E-state index contributed by atoms with van der Waals surface area (Å²) in [6, 6.07) is 5.98. The lowest BCUT2D eigenvalue weighted by Crippen LogP contribution is -2.10.